The molecule has 1 N–H and O–H groups in total. The molecule has 27 heavy (non-hydrogen) atoms. The summed E-state index contributed by atoms with van der Waals surface area (Å²) in [5.41, 5.74) is 2.92. The Morgan fingerprint density at radius 3 is 2.70 bits per heavy atom. The molecular formula is C20H23N3O4. The topological polar surface area (TPSA) is 86.4 Å². The minimum atomic E-state index is -0.576. The number of amides is 1. The fraction of sp³-hybridized carbons (Fsp3) is 0.350. The van der Waals surface area contributed by atoms with Gasteiger partial charge in [-0.3, -0.25) is 9.48 Å². The van der Waals surface area contributed by atoms with Gasteiger partial charge in [-0.1, -0.05) is 0 Å². The zero-order valence-corrected chi connectivity index (χ0v) is 16.0. The molecular weight excluding hydrogens is 346 g/mol. The molecule has 0 atom stereocenters. The fourth-order valence-electron chi connectivity index (χ4n) is 3.15. The van der Waals surface area contributed by atoms with Crippen molar-refractivity contribution >= 4 is 16.9 Å². The molecule has 3 aromatic rings. The molecule has 7 nitrogen and oxygen atoms in total. The molecule has 0 spiro atoms. The predicted molar refractivity (Wildman–Crippen MR) is 102 cm³/mol. The second kappa shape index (κ2) is 7.65. The fourth-order valence-corrected chi connectivity index (χ4v) is 3.15. The van der Waals surface area contributed by atoms with Crippen LogP contribution in [0, 0.1) is 13.8 Å². The number of aryl methyl sites for hydroxylation is 2. The number of fused-ring (bicyclic) bond motifs is 1. The van der Waals surface area contributed by atoms with E-state index in [1.165, 1.54) is 6.07 Å². The molecule has 2 aromatic heterocycles. The molecule has 0 saturated carbocycles. The Hall–Kier alpha value is -3.09. The third-order valence-electron chi connectivity index (χ3n) is 4.53. The molecule has 7 heteroatoms. The number of ether oxygens (including phenoxy) is 1. The van der Waals surface area contributed by atoms with Gasteiger partial charge in [-0.25, -0.2) is 4.79 Å². The normalized spacial score (nSPS) is 11.0. The third kappa shape index (κ3) is 3.72. The van der Waals surface area contributed by atoms with Gasteiger partial charge in [-0.2, -0.15) is 5.10 Å². The maximum atomic E-state index is 12.7. The average Bonchev–Trinajstić information content (AvgIpc) is 2.92. The Labute approximate surface area is 156 Å². The van der Waals surface area contributed by atoms with Crippen molar-refractivity contribution in [1.29, 1.82) is 0 Å². The van der Waals surface area contributed by atoms with Gasteiger partial charge in [0.2, 0.25) is 0 Å². The molecule has 0 radical (unpaired) electrons. The van der Waals surface area contributed by atoms with Crippen LogP contribution in [0.5, 0.6) is 5.75 Å². The Bertz CT molecular complexity index is 1050. The first kappa shape index (κ1) is 18.7. The van der Waals surface area contributed by atoms with Gasteiger partial charge in [0.15, 0.2) is 0 Å². The van der Waals surface area contributed by atoms with E-state index in [1.54, 1.807) is 18.2 Å². The highest BCUT2D eigenvalue weighted by molar-refractivity contribution is 6.05. The molecule has 0 aliphatic rings. The Morgan fingerprint density at radius 1 is 1.26 bits per heavy atom. The van der Waals surface area contributed by atoms with Gasteiger partial charge < -0.3 is 14.5 Å². The molecule has 0 bridgehead atoms. The highest BCUT2D eigenvalue weighted by Crippen LogP contribution is 2.23. The molecule has 2 heterocycles. The smallest absolute Gasteiger partial charge is 0.337 e. The van der Waals surface area contributed by atoms with E-state index in [4.69, 9.17) is 9.15 Å². The molecule has 0 saturated heterocycles. The van der Waals surface area contributed by atoms with Gasteiger partial charge in [0, 0.05) is 41.9 Å². The molecule has 1 aromatic carbocycles. The molecule has 0 unspecified atom stereocenters. The maximum Gasteiger partial charge on any atom is 0.337 e. The van der Waals surface area contributed by atoms with Crippen molar-refractivity contribution in [2.45, 2.75) is 40.8 Å². The largest absolute Gasteiger partial charge is 0.494 e. The molecule has 0 aliphatic carbocycles. The van der Waals surface area contributed by atoms with E-state index in [9.17, 15) is 9.59 Å². The van der Waals surface area contributed by atoms with Crippen LogP contribution in [0.1, 0.15) is 41.2 Å². The number of carbonyl (C=O) groups is 1. The van der Waals surface area contributed by atoms with Crippen molar-refractivity contribution in [3.8, 4) is 5.75 Å². The van der Waals surface area contributed by atoms with E-state index >= 15 is 0 Å². The van der Waals surface area contributed by atoms with Crippen LogP contribution in [0.2, 0.25) is 0 Å². The maximum absolute atomic E-state index is 12.7. The van der Waals surface area contributed by atoms with Crippen molar-refractivity contribution in [3.05, 3.63) is 57.2 Å². The van der Waals surface area contributed by atoms with Crippen molar-refractivity contribution in [1.82, 2.24) is 15.1 Å². The number of carbonyl (C=O) groups excluding carboxylic acids is 1. The number of nitrogens with one attached hydrogen (secondary N) is 1. The quantitative estimate of drug-likeness (QED) is 0.675. The predicted octanol–water partition coefficient (Wildman–Crippen LogP) is 2.95. The highest BCUT2D eigenvalue weighted by atomic mass is 16.5. The van der Waals surface area contributed by atoms with Crippen LogP contribution in [0.25, 0.3) is 11.0 Å². The summed E-state index contributed by atoms with van der Waals surface area (Å²) in [6, 6.07) is 6.32. The van der Waals surface area contributed by atoms with E-state index in [0.717, 1.165) is 23.5 Å². The standard InChI is InChI=1S/C20H23N3O4/c1-5-23-13(4)17(12(3)22-23)11-21-20(25)16-10-19(24)27-18-9-14(26-6-2)7-8-15(16)18/h7-10H,5-6,11H2,1-4H3,(H,21,25). The Balaban J connectivity index is 1.89. The van der Waals surface area contributed by atoms with Crippen LogP contribution in [0.3, 0.4) is 0 Å². The summed E-state index contributed by atoms with van der Waals surface area (Å²) < 4.78 is 12.6. The monoisotopic (exact) mass is 369 g/mol. The molecule has 142 valence electrons. The highest BCUT2D eigenvalue weighted by Gasteiger charge is 2.16. The number of rotatable bonds is 6. The lowest BCUT2D eigenvalue weighted by atomic mass is 10.1. The average molecular weight is 369 g/mol. The van der Waals surface area contributed by atoms with Crippen LogP contribution < -0.4 is 15.7 Å². The number of nitrogens with zero attached hydrogens (tertiary/aromatic N) is 2. The number of benzene rings is 1. The lowest BCUT2D eigenvalue weighted by Gasteiger charge is -2.09. The van der Waals surface area contributed by atoms with Crippen LogP contribution >= 0.6 is 0 Å². The van der Waals surface area contributed by atoms with Gasteiger partial charge in [-0.05, 0) is 39.8 Å². The second-order valence-electron chi connectivity index (χ2n) is 6.22. The van der Waals surface area contributed by atoms with E-state index in [1.807, 2.05) is 32.4 Å². The zero-order chi connectivity index (χ0) is 19.6. The van der Waals surface area contributed by atoms with Crippen LogP contribution in [-0.2, 0) is 13.1 Å². The summed E-state index contributed by atoms with van der Waals surface area (Å²) in [6.45, 7) is 9.40. The van der Waals surface area contributed by atoms with Gasteiger partial charge >= 0.3 is 5.63 Å². The van der Waals surface area contributed by atoms with Crippen molar-refractivity contribution in [2.24, 2.45) is 0 Å². The Kier molecular flexibility index (Phi) is 5.30. The molecule has 1 amide bonds. The van der Waals surface area contributed by atoms with Crippen molar-refractivity contribution < 1.29 is 13.9 Å². The van der Waals surface area contributed by atoms with Crippen molar-refractivity contribution in [3.63, 3.8) is 0 Å². The summed E-state index contributed by atoms with van der Waals surface area (Å²) in [4.78, 5) is 24.6. The lowest BCUT2D eigenvalue weighted by molar-refractivity contribution is 0.0952. The van der Waals surface area contributed by atoms with Gasteiger partial charge in [-0.15, -0.1) is 0 Å². The first-order valence-corrected chi connectivity index (χ1v) is 8.96. The van der Waals surface area contributed by atoms with Crippen LogP contribution in [0.15, 0.2) is 33.5 Å². The summed E-state index contributed by atoms with van der Waals surface area (Å²) in [6.07, 6.45) is 0. The van der Waals surface area contributed by atoms with Gasteiger partial charge in [0.1, 0.15) is 11.3 Å². The van der Waals surface area contributed by atoms with Crippen LogP contribution in [-0.4, -0.2) is 22.3 Å². The first-order chi connectivity index (χ1) is 12.9. The van der Waals surface area contributed by atoms with Gasteiger partial charge in [0.25, 0.3) is 5.91 Å². The summed E-state index contributed by atoms with van der Waals surface area (Å²) in [5, 5.41) is 7.91. The summed E-state index contributed by atoms with van der Waals surface area (Å²) in [5.74, 6) is 0.254. The SMILES string of the molecule is CCOc1ccc2c(C(=O)NCc3c(C)nn(CC)c3C)cc(=O)oc2c1. The number of hydrogen-bond acceptors (Lipinski definition) is 5. The molecule has 3 rings (SSSR count). The zero-order valence-electron chi connectivity index (χ0n) is 16.0. The number of hydrogen-bond donors (Lipinski definition) is 1. The van der Waals surface area contributed by atoms with Gasteiger partial charge in [0.05, 0.1) is 17.9 Å². The molecule has 0 fully saturated rings. The minimum Gasteiger partial charge on any atom is -0.494 e. The van der Waals surface area contributed by atoms with E-state index < -0.39 is 5.63 Å². The first-order valence-electron chi connectivity index (χ1n) is 8.96. The summed E-state index contributed by atoms with van der Waals surface area (Å²) in [7, 11) is 0. The number of aromatic nitrogens is 2. The van der Waals surface area contributed by atoms with Crippen molar-refractivity contribution in [2.75, 3.05) is 6.61 Å². The van der Waals surface area contributed by atoms with E-state index in [0.29, 0.717) is 29.9 Å². The molecule has 0 aliphatic heterocycles. The lowest BCUT2D eigenvalue weighted by Crippen LogP contribution is -2.24. The Morgan fingerprint density at radius 2 is 2.04 bits per heavy atom. The minimum absolute atomic E-state index is 0.280. The van der Waals surface area contributed by atoms with E-state index in [2.05, 4.69) is 10.4 Å². The van der Waals surface area contributed by atoms with E-state index in [-0.39, 0.29) is 11.5 Å². The second-order valence-corrected chi connectivity index (χ2v) is 6.22. The van der Waals surface area contributed by atoms with Crippen LogP contribution in [0.4, 0.5) is 0 Å². The third-order valence-corrected chi connectivity index (χ3v) is 4.53. The summed E-state index contributed by atoms with van der Waals surface area (Å²) >= 11 is 0.